The zero-order chi connectivity index (χ0) is 29.5. The number of amides is 1. The van der Waals surface area contributed by atoms with E-state index in [1.165, 1.54) is 36.4 Å². The van der Waals surface area contributed by atoms with Gasteiger partial charge in [0.05, 0.1) is 9.77 Å². The molecule has 0 fully saturated rings. The van der Waals surface area contributed by atoms with Gasteiger partial charge in [0.1, 0.15) is 6.04 Å². The van der Waals surface area contributed by atoms with E-state index in [-0.39, 0.29) is 22.3 Å². The number of carbonyl (C=O) groups excluding carboxylic acids is 3. The minimum Gasteiger partial charge on any atom is -0.385 e. The molecule has 40 heavy (non-hydrogen) atoms. The summed E-state index contributed by atoms with van der Waals surface area (Å²) in [5, 5.41) is 12.3. The summed E-state index contributed by atoms with van der Waals surface area (Å²) < 4.78 is 68.9. The van der Waals surface area contributed by atoms with Gasteiger partial charge in [0.15, 0.2) is 5.96 Å². The highest BCUT2D eigenvalue weighted by Crippen LogP contribution is 2.31. The number of halogens is 3. The highest BCUT2D eigenvalue weighted by Gasteiger charge is 2.44. The quantitative estimate of drug-likeness (QED) is 0.102. The van der Waals surface area contributed by atoms with Crippen molar-refractivity contribution in [3.8, 4) is 10.4 Å². The van der Waals surface area contributed by atoms with Crippen LogP contribution in [0.3, 0.4) is 0 Å². The van der Waals surface area contributed by atoms with Crippen molar-refractivity contribution in [3.05, 3.63) is 77.2 Å². The summed E-state index contributed by atoms with van der Waals surface area (Å²) in [6.45, 7) is -0.589. The predicted molar refractivity (Wildman–Crippen MR) is 139 cm³/mol. The molecule has 1 aromatic heterocycles. The molecule has 0 radical (unpaired) electrons. The SMILES string of the molecule is N=C(N)NCc1ccccc1-c1ccc(C(=O)NCC(NS(=O)(=O)c2ccccc2)C(=O)OC(=O)C(F)(F)F)s1. The molecule has 212 valence electrons. The van der Waals surface area contributed by atoms with E-state index in [9.17, 15) is 36.0 Å². The van der Waals surface area contributed by atoms with Gasteiger partial charge in [-0.2, -0.15) is 17.9 Å². The molecule has 0 spiro atoms. The number of esters is 2. The fourth-order valence-electron chi connectivity index (χ4n) is 3.24. The third-order valence-electron chi connectivity index (χ3n) is 5.11. The Morgan fingerprint density at radius 1 is 0.975 bits per heavy atom. The number of thiophene rings is 1. The second-order valence-electron chi connectivity index (χ2n) is 7.99. The smallest absolute Gasteiger partial charge is 0.385 e. The molecule has 1 heterocycles. The first-order valence-electron chi connectivity index (χ1n) is 11.2. The summed E-state index contributed by atoms with van der Waals surface area (Å²) in [6, 6.07) is 14.7. The Kier molecular flexibility index (Phi) is 9.62. The monoisotopic (exact) mass is 597 g/mol. The molecule has 2 aromatic carbocycles. The number of alkyl halides is 3. The second-order valence-corrected chi connectivity index (χ2v) is 10.8. The fourth-order valence-corrected chi connectivity index (χ4v) is 5.43. The molecule has 1 unspecified atom stereocenters. The molecule has 0 aliphatic heterocycles. The number of hydrogen-bond donors (Lipinski definition) is 5. The number of sulfonamides is 1. The van der Waals surface area contributed by atoms with Crippen LogP contribution in [0.15, 0.2) is 71.6 Å². The average Bonchev–Trinajstić information content (AvgIpc) is 3.40. The van der Waals surface area contributed by atoms with Crippen molar-refractivity contribution in [1.29, 1.82) is 5.41 Å². The number of hydrogen-bond acceptors (Lipinski definition) is 8. The third-order valence-corrected chi connectivity index (χ3v) is 7.71. The molecule has 0 saturated carbocycles. The van der Waals surface area contributed by atoms with E-state index in [1.807, 2.05) is 4.72 Å². The fraction of sp³-hybridized carbons (Fsp3) is 0.167. The molecule has 0 aliphatic carbocycles. The van der Waals surface area contributed by atoms with Crippen LogP contribution < -0.4 is 21.1 Å². The van der Waals surface area contributed by atoms with Crippen LogP contribution in [0.1, 0.15) is 15.2 Å². The Bertz CT molecular complexity index is 1510. The maximum Gasteiger partial charge on any atom is 0.491 e. The van der Waals surface area contributed by atoms with E-state index >= 15 is 0 Å². The lowest BCUT2D eigenvalue weighted by atomic mass is 10.1. The summed E-state index contributed by atoms with van der Waals surface area (Å²) in [4.78, 5) is 36.8. The van der Waals surface area contributed by atoms with Crippen LogP contribution in [0, 0.1) is 5.41 Å². The Labute approximate surface area is 230 Å². The molecule has 6 N–H and O–H groups in total. The van der Waals surface area contributed by atoms with Crippen molar-refractivity contribution in [2.75, 3.05) is 6.54 Å². The van der Waals surface area contributed by atoms with Gasteiger partial charge < -0.3 is 21.1 Å². The molecule has 3 aromatic rings. The van der Waals surface area contributed by atoms with Crippen molar-refractivity contribution in [3.63, 3.8) is 0 Å². The van der Waals surface area contributed by atoms with Gasteiger partial charge in [0.2, 0.25) is 10.0 Å². The predicted octanol–water partition coefficient (Wildman–Crippen LogP) is 2.11. The molecule has 11 nitrogen and oxygen atoms in total. The van der Waals surface area contributed by atoms with E-state index in [2.05, 4.69) is 15.4 Å². The lowest BCUT2D eigenvalue weighted by molar-refractivity contribution is -0.202. The molecule has 0 bridgehead atoms. The van der Waals surface area contributed by atoms with E-state index in [0.717, 1.165) is 22.5 Å². The Morgan fingerprint density at radius 2 is 1.62 bits per heavy atom. The van der Waals surface area contributed by atoms with E-state index in [1.54, 1.807) is 30.3 Å². The van der Waals surface area contributed by atoms with Gasteiger partial charge in [-0.25, -0.2) is 18.0 Å². The molecule has 0 saturated heterocycles. The van der Waals surface area contributed by atoms with Crippen LogP contribution >= 0.6 is 11.3 Å². The zero-order valence-electron chi connectivity index (χ0n) is 20.3. The van der Waals surface area contributed by atoms with Crippen molar-refractivity contribution < 1.29 is 40.7 Å². The van der Waals surface area contributed by atoms with Crippen molar-refractivity contribution in [1.82, 2.24) is 15.4 Å². The molecule has 0 aliphatic rings. The maximum absolute atomic E-state index is 12.8. The summed E-state index contributed by atoms with van der Waals surface area (Å²) in [6.07, 6.45) is -5.51. The van der Waals surface area contributed by atoms with Gasteiger partial charge in [0, 0.05) is 18.0 Å². The number of ether oxygens (including phenoxy) is 1. The second kappa shape index (κ2) is 12.7. The number of carbonyl (C=O) groups is 3. The lowest BCUT2D eigenvalue weighted by Crippen LogP contribution is -2.50. The number of rotatable bonds is 10. The molecule has 16 heteroatoms. The first-order valence-corrected chi connectivity index (χ1v) is 13.5. The molecular formula is C24H22F3N5O6S2. The Balaban J connectivity index is 1.78. The number of nitrogens with one attached hydrogen (secondary N) is 4. The zero-order valence-corrected chi connectivity index (χ0v) is 22.0. The number of benzene rings is 2. The van der Waals surface area contributed by atoms with Gasteiger partial charge in [-0.3, -0.25) is 10.2 Å². The maximum atomic E-state index is 12.8. The van der Waals surface area contributed by atoms with Gasteiger partial charge in [-0.05, 0) is 35.4 Å². The van der Waals surface area contributed by atoms with E-state index in [0.29, 0.717) is 4.88 Å². The standard InChI is InChI=1S/C24H22F3N5O6S2/c25-24(26,27)22(35)38-21(34)17(32-40(36,37)15-7-2-1-3-8-15)13-30-20(33)19-11-10-18(39-19)16-9-5-4-6-14(16)12-31-23(28)29/h1-11,17,32H,12-13H2,(H,30,33)(H4,28,29,31). The van der Waals surface area contributed by atoms with Gasteiger partial charge in [0.25, 0.3) is 5.91 Å². The van der Waals surface area contributed by atoms with Gasteiger partial charge in [-0.15, -0.1) is 11.3 Å². The van der Waals surface area contributed by atoms with Crippen LogP contribution in [0.2, 0.25) is 0 Å². The first-order chi connectivity index (χ1) is 18.8. The largest absolute Gasteiger partial charge is 0.491 e. The van der Waals surface area contributed by atoms with Crippen molar-refractivity contribution in [2.24, 2.45) is 5.73 Å². The topological polar surface area (TPSA) is 181 Å². The highest BCUT2D eigenvalue weighted by molar-refractivity contribution is 7.89. The van der Waals surface area contributed by atoms with Crippen molar-refractivity contribution >= 4 is 45.2 Å². The molecular weight excluding hydrogens is 575 g/mol. The van der Waals surface area contributed by atoms with Crippen LogP contribution in [0.5, 0.6) is 0 Å². The van der Waals surface area contributed by atoms with Gasteiger partial charge in [-0.1, -0.05) is 42.5 Å². The summed E-state index contributed by atoms with van der Waals surface area (Å²) in [5.74, 6) is -5.70. The normalized spacial score (nSPS) is 12.3. The van der Waals surface area contributed by atoms with E-state index in [4.69, 9.17) is 11.1 Å². The number of guanidine groups is 1. The van der Waals surface area contributed by atoms with Crippen LogP contribution in [0.25, 0.3) is 10.4 Å². The van der Waals surface area contributed by atoms with E-state index < -0.39 is 46.6 Å². The van der Waals surface area contributed by atoms with Crippen LogP contribution in [0.4, 0.5) is 13.2 Å². The van der Waals surface area contributed by atoms with Gasteiger partial charge >= 0.3 is 18.1 Å². The minimum atomic E-state index is -5.51. The molecule has 1 amide bonds. The van der Waals surface area contributed by atoms with Crippen LogP contribution in [-0.2, 0) is 30.9 Å². The summed E-state index contributed by atoms with van der Waals surface area (Å²) >= 11 is 1.04. The Hall–Kier alpha value is -4.28. The molecule has 1 atom stereocenters. The summed E-state index contributed by atoms with van der Waals surface area (Å²) in [5.41, 5.74) is 6.86. The number of nitrogens with two attached hydrogens (primary N) is 1. The average molecular weight is 598 g/mol. The highest BCUT2D eigenvalue weighted by atomic mass is 32.2. The first kappa shape index (κ1) is 30.3. The Morgan fingerprint density at radius 3 is 2.27 bits per heavy atom. The third kappa shape index (κ3) is 8.11. The lowest BCUT2D eigenvalue weighted by Gasteiger charge is -2.18. The van der Waals surface area contributed by atoms with Crippen molar-refractivity contribution in [2.45, 2.75) is 23.7 Å². The summed E-state index contributed by atoms with van der Waals surface area (Å²) in [7, 11) is -4.46. The molecule has 3 rings (SSSR count). The minimum absolute atomic E-state index is 0.133. The van der Waals surface area contributed by atoms with Crippen LogP contribution in [-0.4, -0.2) is 51.0 Å².